The summed E-state index contributed by atoms with van der Waals surface area (Å²) >= 11 is 7.04. The molecule has 0 saturated carbocycles. The second kappa shape index (κ2) is 5.83. The lowest BCUT2D eigenvalue weighted by Gasteiger charge is -2.12. The highest BCUT2D eigenvalue weighted by Gasteiger charge is 2.16. The molecule has 0 spiro atoms. The van der Waals surface area contributed by atoms with Gasteiger partial charge in [-0.05, 0) is 12.1 Å². The van der Waals surface area contributed by atoms with E-state index in [-0.39, 0.29) is 5.91 Å². The lowest BCUT2D eigenvalue weighted by Crippen LogP contribution is -2.12. The van der Waals surface area contributed by atoms with Gasteiger partial charge in [-0.25, -0.2) is 0 Å². The van der Waals surface area contributed by atoms with Gasteiger partial charge in [0, 0.05) is 18.6 Å². The van der Waals surface area contributed by atoms with Crippen molar-refractivity contribution in [2.24, 2.45) is 0 Å². The molecule has 0 fully saturated rings. The molecule has 0 radical (unpaired) electrons. The number of nitrogens with one attached hydrogen (secondary N) is 1. The topological polar surface area (TPSA) is 73.6 Å². The molecule has 0 atom stereocenters. The lowest BCUT2D eigenvalue weighted by atomic mass is 10.2. The average molecular weight is 325 g/mol. The van der Waals surface area contributed by atoms with Crippen LogP contribution in [0.15, 0.2) is 24.3 Å². The van der Waals surface area contributed by atoms with E-state index in [1.165, 1.54) is 11.3 Å². The predicted octanol–water partition coefficient (Wildman–Crippen LogP) is 3.40. The fraction of sp³-hybridized carbons (Fsp3) is 0.214. The molecule has 0 bridgehead atoms. The summed E-state index contributed by atoms with van der Waals surface area (Å²) in [5, 5.41) is 2.76. The van der Waals surface area contributed by atoms with Crippen LogP contribution in [-0.2, 0) is 0 Å². The number of ether oxygens (including phenoxy) is 2. The molecule has 1 amide bonds. The smallest absolute Gasteiger partial charge is 0.265 e. The highest BCUT2D eigenvalue weighted by Crippen LogP contribution is 2.37. The molecular formula is C14H13ClN2O3S. The molecule has 0 saturated heterocycles. The summed E-state index contributed by atoms with van der Waals surface area (Å²) in [5.74, 6) is 0.927. The molecule has 21 heavy (non-hydrogen) atoms. The summed E-state index contributed by atoms with van der Waals surface area (Å²) in [4.78, 5) is 12.6. The Labute approximate surface area is 130 Å². The molecule has 1 aromatic heterocycles. The van der Waals surface area contributed by atoms with Crippen molar-refractivity contribution in [3.63, 3.8) is 0 Å². The third kappa shape index (κ3) is 3.06. The molecule has 1 aromatic carbocycles. The Bertz CT molecular complexity index is 687. The van der Waals surface area contributed by atoms with Crippen molar-refractivity contribution >= 4 is 40.2 Å². The minimum atomic E-state index is -0.256. The van der Waals surface area contributed by atoms with Crippen LogP contribution in [0.3, 0.4) is 0 Å². The van der Waals surface area contributed by atoms with E-state index in [2.05, 4.69) is 5.32 Å². The van der Waals surface area contributed by atoms with Gasteiger partial charge in [0.25, 0.3) is 5.91 Å². The predicted molar refractivity (Wildman–Crippen MR) is 83.7 cm³/mol. The first-order chi connectivity index (χ1) is 10.1. The van der Waals surface area contributed by atoms with E-state index in [1.54, 1.807) is 24.3 Å². The molecule has 3 N–H and O–H groups in total. The number of rotatable bonds is 2. The van der Waals surface area contributed by atoms with Crippen LogP contribution in [0.5, 0.6) is 11.5 Å². The summed E-state index contributed by atoms with van der Waals surface area (Å²) in [6, 6.07) is 6.70. The molecule has 1 aliphatic rings. The number of nitrogens with two attached hydrogens (primary N) is 1. The van der Waals surface area contributed by atoms with E-state index in [4.69, 9.17) is 26.8 Å². The van der Waals surface area contributed by atoms with E-state index in [9.17, 15) is 4.79 Å². The van der Waals surface area contributed by atoms with Gasteiger partial charge in [0.15, 0.2) is 11.5 Å². The zero-order valence-electron chi connectivity index (χ0n) is 11.0. The van der Waals surface area contributed by atoms with Gasteiger partial charge in [-0.2, -0.15) is 0 Å². The normalized spacial score (nSPS) is 13.6. The van der Waals surface area contributed by atoms with Crippen LogP contribution in [0, 0.1) is 0 Å². The van der Waals surface area contributed by atoms with Crippen molar-refractivity contribution in [2.75, 3.05) is 24.3 Å². The van der Waals surface area contributed by atoms with Crippen LogP contribution in [0.1, 0.15) is 16.1 Å². The number of anilines is 2. The molecule has 2 heterocycles. The van der Waals surface area contributed by atoms with Gasteiger partial charge in [0.05, 0.1) is 33.8 Å². The monoisotopic (exact) mass is 324 g/mol. The van der Waals surface area contributed by atoms with Crippen LogP contribution in [0.4, 0.5) is 11.4 Å². The van der Waals surface area contributed by atoms with Gasteiger partial charge in [-0.1, -0.05) is 11.6 Å². The summed E-state index contributed by atoms with van der Waals surface area (Å²) in [6.07, 6.45) is 0.809. The average Bonchev–Trinajstić information content (AvgIpc) is 2.76. The maximum atomic E-state index is 12.1. The summed E-state index contributed by atoms with van der Waals surface area (Å²) in [5.41, 5.74) is 6.87. The summed E-state index contributed by atoms with van der Waals surface area (Å²) in [7, 11) is 0. The summed E-state index contributed by atoms with van der Waals surface area (Å²) < 4.78 is 11.7. The van der Waals surface area contributed by atoms with Gasteiger partial charge in [0.1, 0.15) is 0 Å². The number of nitrogen functional groups attached to an aromatic ring is 1. The van der Waals surface area contributed by atoms with Crippen LogP contribution in [0.2, 0.25) is 4.34 Å². The van der Waals surface area contributed by atoms with Crippen LogP contribution in [0.25, 0.3) is 0 Å². The Morgan fingerprint density at radius 1 is 1.24 bits per heavy atom. The molecular weight excluding hydrogens is 312 g/mol. The zero-order chi connectivity index (χ0) is 14.8. The van der Waals surface area contributed by atoms with Crippen molar-refractivity contribution < 1.29 is 14.3 Å². The molecule has 3 rings (SSSR count). The first-order valence-electron chi connectivity index (χ1n) is 6.39. The SMILES string of the molecule is Nc1cc2c(cc1NC(=O)c1ccc(Cl)s1)OCCCO2. The Morgan fingerprint density at radius 3 is 2.62 bits per heavy atom. The van der Waals surface area contributed by atoms with E-state index in [1.807, 2.05) is 0 Å². The number of amides is 1. The number of fused-ring (bicyclic) bond motifs is 1. The minimum absolute atomic E-state index is 0.256. The molecule has 1 aliphatic heterocycles. The number of thiophene rings is 1. The molecule has 2 aromatic rings. The number of hydrogen-bond acceptors (Lipinski definition) is 5. The van der Waals surface area contributed by atoms with Gasteiger partial charge in [0.2, 0.25) is 0 Å². The van der Waals surface area contributed by atoms with Crippen LogP contribution in [-0.4, -0.2) is 19.1 Å². The number of carbonyl (C=O) groups is 1. The molecule has 110 valence electrons. The van der Waals surface area contributed by atoms with E-state index < -0.39 is 0 Å². The Hall–Kier alpha value is -1.92. The minimum Gasteiger partial charge on any atom is -0.489 e. The number of carbonyl (C=O) groups excluding carboxylic acids is 1. The maximum absolute atomic E-state index is 12.1. The highest BCUT2D eigenvalue weighted by atomic mass is 35.5. The Kier molecular flexibility index (Phi) is 3.90. The van der Waals surface area contributed by atoms with Crippen LogP contribution < -0.4 is 20.5 Å². The zero-order valence-corrected chi connectivity index (χ0v) is 12.6. The summed E-state index contributed by atoms with van der Waals surface area (Å²) in [6.45, 7) is 1.16. The quantitative estimate of drug-likeness (QED) is 0.830. The lowest BCUT2D eigenvalue weighted by molar-refractivity contribution is 0.103. The van der Waals surface area contributed by atoms with Crippen molar-refractivity contribution in [3.8, 4) is 11.5 Å². The molecule has 0 aliphatic carbocycles. The molecule has 5 nitrogen and oxygen atoms in total. The molecule has 7 heteroatoms. The second-order valence-electron chi connectivity index (χ2n) is 4.49. The Morgan fingerprint density at radius 2 is 1.95 bits per heavy atom. The molecule has 0 unspecified atom stereocenters. The maximum Gasteiger partial charge on any atom is 0.265 e. The fourth-order valence-corrected chi connectivity index (χ4v) is 2.89. The van der Waals surface area contributed by atoms with E-state index >= 15 is 0 Å². The number of benzene rings is 1. The standard InChI is InChI=1S/C14H13ClN2O3S/c15-13-3-2-12(21-13)14(18)17-9-7-11-10(6-8(9)16)19-4-1-5-20-11/h2-3,6-7H,1,4-5,16H2,(H,17,18). The Balaban J connectivity index is 1.85. The number of halogens is 1. The van der Waals surface area contributed by atoms with Crippen molar-refractivity contribution in [3.05, 3.63) is 33.5 Å². The van der Waals surface area contributed by atoms with E-state index in [0.29, 0.717) is 45.3 Å². The van der Waals surface area contributed by atoms with Gasteiger partial charge >= 0.3 is 0 Å². The van der Waals surface area contributed by atoms with E-state index in [0.717, 1.165) is 6.42 Å². The number of hydrogen-bond donors (Lipinski definition) is 2. The van der Waals surface area contributed by atoms with Gasteiger partial charge in [-0.15, -0.1) is 11.3 Å². The van der Waals surface area contributed by atoms with Crippen molar-refractivity contribution in [2.45, 2.75) is 6.42 Å². The van der Waals surface area contributed by atoms with Crippen molar-refractivity contribution in [1.82, 2.24) is 0 Å². The van der Waals surface area contributed by atoms with Gasteiger partial charge < -0.3 is 20.5 Å². The van der Waals surface area contributed by atoms with Crippen molar-refractivity contribution in [1.29, 1.82) is 0 Å². The van der Waals surface area contributed by atoms with Crippen LogP contribution >= 0.6 is 22.9 Å². The first-order valence-corrected chi connectivity index (χ1v) is 7.59. The largest absolute Gasteiger partial charge is 0.489 e. The van der Waals surface area contributed by atoms with Gasteiger partial charge in [-0.3, -0.25) is 4.79 Å². The third-order valence-electron chi connectivity index (χ3n) is 2.96. The second-order valence-corrected chi connectivity index (χ2v) is 6.21. The fourth-order valence-electron chi connectivity index (χ4n) is 1.95. The highest BCUT2D eigenvalue weighted by molar-refractivity contribution is 7.18. The third-order valence-corrected chi connectivity index (χ3v) is 4.19. The first kappa shape index (κ1) is 14.0.